The Kier molecular flexibility index (Phi) is 5.17. The number of fused-ring (bicyclic) bond motifs is 2. The van der Waals surface area contributed by atoms with E-state index in [-0.39, 0.29) is 23.5 Å². The molecule has 2 N–H and O–H groups in total. The first-order valence-corrected chi connectivity index (χ1v) is 12.0. The summed E-state index contributed by atoms with van der Waals surface area (Å²) in [6, 6.07) is 18.0. The first kappa shape index (κ1) is 22.2. The Balaban J connectivity index is 1.68. The van der Waals surface area contributed by atoms with Crippen molar-refractivity contribution >= 4 is 11.6 Å². The molecule has 1 atom stereocenters. The molecule has 2 aromatic carbocycles. The van der Waals surface area contributed by atoms with Gasteiger partial charge in [-0.25, -0.2) is 23.3 Å². The van der Waals surface area contributed by atoms with Gasteiger partial charge in [0.2, 0.25) is 5.95 Å². The van der Waals surface area contributed by atoms with Crippen LogP contribution in [0.25, 0.3) is 28.0 Å². The van der Waals surface area contributed by atoms with Crippen LogP contribution in [0.3, 0.4) is 0 Å². The number of hydrogen-bond acceptors (Lipinski definition) is 5. The molecule has 6 rings (SSSR count). The van der Waals surface area contributed by atoms with Crippen molar-refractivity contribution in [3.63, 3.8) is 0 Å². The molecule has 0 amide bonds. The van der Waals surface area contributed by atoms with Gasteiger partial charge in [0.25, 0.3) is 0 Å². The van der Waals surface area contributed by atoms with E-state index in [4.69, 9.17) is 15.8 Å². The fourth-order valence-corrected chi connectivity index (χ4v) is 5.33. The molecule has 0 aliphatic heterocycles. The van der Waals surface area contributed by atoms with Crippen LogP contribution < -0.4 is 11.4 Å². The van der Waals surface area contributed by atoms with Crippen LogP contribution in [0.2, 0.25) is 0 Å². The maximum Gasteiger partial charge on any atom is 0.353 e. The number of hydrogen-bond donors (Lipinski definition) is 1. The van der Waals surface area contributed by atoms with Crippen LogP contribution in [0.5, 0.6) is 0 Å². The summed E-state index contributed by atoms with van der Waals surface area (Å²) in [6.07, 6.45) is 2.40. The summed E-state index contributed by atoms with van der Waals surface area (Å²) in [5.74, 6) is -0.268. The Hall–Kier alpha value is -4.33. The molecular formula is C28H25FN6O. The van der Waals surface area contributed by atoms with E-state index in [2.05, 4.69) is 4.98 Å². The minimum absolute atomic E-state index is 0.0571. The second-order valence-electron chi connectivity index (χ2n) is 9.34. The van der Waals surface area contributed by atoms with Crippen molar-refractivity contribution in [1.82, 2.24) is 24.1 Å². The lowest BCUT2D eigenvalue weighted by atomic mass is 9.88. The van der Waals surface area contributed by atoms with Crippen molar-refractivity contribution in [2.24, 2.45) is 0 Å². The highest BCUT2D eigenvalue weighted by molar-refractivity contribution is 5.90. The van der Waals surface area contributed by atoms with E-state index < -0.39 is 0 Å². The third-order valence-corrected chi connectivity index (χ3v) is 6.82. The van der Waals surface area contributed by atoms with Crippen LogP contribution in [-0.4, -0.2) is 24.1 Å². The van der Waals surface area contributed by atoms with E-state index in [1.165, 1.54) is 21.2 Å². The third kappa shape index (κ3) is 3.57. The fourth-order valence-electron chi connectivity index (χ4n) is 5.33. The second kappa shape index (κ2) is 8.41. The lowest BCUT2D eigenvalue weighted by Gasteiger charge is -2.24. The van der Waals surface area contributed by atoms with Crippen LogP contribution in [0, 0.1) is 19.7 Å². The predicted octanol–water partition coefficient (Wildman–Crippen LogP) is 4.88. The average Bonchev–Trinajstić information content (AvgIpc) is 3.20. The van der Waals surface area contributed by atoms with Gasteiger partial charge < -0.3 is 5.73 Å². The van der Waals surface area contributed by atoms with Gasteiger partial charge in [-0.2, -0.15) is 0 Å². The van der Waals surface area contributed by atoms with E-state index in [1.807, 2.05) is 56.3 Å². The molecule has 0 saturated heterocycles. The largest absolute Gasteiger partial charge is 0.369 e. The van der Waals surface area contributed by atoms with Gasteiger partial charge in [0.1, 0.15) is 5.82 Å². The standard InChI is InChI=1S/C28H25FN6O/c1-16-13-20(14-17(2)31-16)24-25(19-7-4-3-5-8-19)32-27(30)34-26(24)33-35(28(34)36)23-10-6-9-18-11-12-21(29)15-22(18)23/h3-5,7-8,11-15,23H,6,9-10H2,1-2H3,(H2,30,32). The van der Waals surface area contributed by atoms with Gasteiger partial charge in [-0.05, 0) is 74.1 Å². The van der Waals surface area contributed by atoms with Crippen molar-refractivity contribution in [1.29, 1.82) is 0 Å². The van der Waals surface area contributed by atoms with E-state index in [0.29, 0.717) is 23.3 Å². The van der Waals surface area contributed by atoms with Crippen molar-refractivity contribution in [3.05, 3.63) is 99.5 Å². The Morgan fingerprint density at radius 1 is 0.972 bits per heavy atom. The number of aromatic nitrogens is 5. The van der Waals surface area contributed by atoms with Gasteiger partial charge in [-0.15, -0.1) is 5.10 Å². The lowest BCUT2D eigenvalue weighted by molar-refractivity contribution is 0.436. The normalized spacial score (nSPS) is 15.2. The molecule has 0 spiro atoms. The van der Waals surface area contributed by atoms with Gasteiger partial charge >= 0.3 is 5.69 Å². The molecule has 3 aromatic heterocycles. The summed E-state index contributed by atoms with van der Waals surface area (Å²) in [7, 11) is 0. The summed E-state index contributed by atoms with van der Waals surface area (Å²) < 4.78 is 17.0. The quantitative estimate of drug-likeness (QED) is 0.397. The Morgan fingerprint density at radius 2 is 1.72 bits per heavy atom. The number of rotatable bonds is 3. The molecule has 180 valence electrons. The minimum Gasteiger partial charge on any atom is -0.369 e. The zero-order valence-corrected chi connectivity index (χ0v) is 20.1. The minimum atomic E-state index is -0.388. The van der Waals surface area contributed by atoms with Gasteiger partial charge in [0.05, 0.1) is 17.3 Å². The van der Waals surface area contributed by atoms with Gasteiger partial charge in [-0.3, -0.25) is 4.98 Å². The van der Waals surface area contributed by atoms with Crippen LogP contribution in [0.1, 0.15) is 41.4 Å². The fraction of sp³-hybridized carbons (Fsp3) is 0.214. The first-order valence-electron chi connectivity index (χ1n) is 12.0. The number of aryl methyl sites for hydroxylation is 3. The molecule has 0 fully saturated rings. The van der Waals surface area contributed by atoms with Crippen molar-refractivity contribution in [3.8, 4) is 22.4 Å². The topological polar surface area (TPSA) is 91.1 Å². The number of nitrogens with zero attached hydrogens (tertiary/aromatic N) is 5. The number of halogens is 1. The molecule has 36 heavy (non-hydrogen) atoms. The average molecular weight is 481 g/mol. The second-order valence-corrected chi connectivity index (χ2v) is 9.34. The van der Waals surface area contributed by atoms with Crippen molar-refractivity contribution in [2.45, 2.75) is 39.2 Å². The predicted molar refractivity (Wildman–Crippen MR) is 137 cm³/mol. The van der Waals surface area contributed by atoms with Crippen LogP contribution >= 0.6 is 0 Å². The number of benzene rings is 2. The molecule has 1 aliphatic rings. The molecule has 5 aromatic rings. The highest BCUT2D eigenvalue weighted by Gasteiger charge is 2.28. The number of pyridine rings is 1. The number of nitrogens with two attached hydrogens (primary N) is 1. The smallest absolute Gasteiger partial charge is 0.353 e. The molecule has 0 radical (unpaired) electrons. The van der Waals surface area contributed by atoms with Gasteiger partial charge in [0, 0.05) is 17.0 Å². The molecule has 0 saturated carbocycles. The van der Waals surface area contributed by atoms with Crippen LogP contribution in [0.4, 0.5) is 10.3 Å². The summed E-state index contributed by atoms with van der Waals surface area (Å²) >= 11 is 0. The molecule has 3 heterocycles. The van der Waals surface area contributed by atoms with Crippen LogP contribution in [0.15, 0.2) is 65.5 Å². The Morgan fingerprint density at radius 3 is 2.47 bits per heavy atom. The SMILES string of the molecule is Cc1cc(-c2c(-c3ccccc3)nc(N)n3c(=O)n(C4CCCc5ccc(F)cc54)nc23)cc(C)n1. The summed E-state index contributed by atoms with van der Waals surface area (Å²) in [5.41, 5.74) is 13.0. The van der Waals surface area contributed by atoms with Crippen molar-refractivity contribution < 1.29 is 4.39 Å². The highest BCUT2D eigenvalue weighted by atomic mass is 19.1. The Labute approximate surface area is 207 Å². The number of anilines is 1. The summed E-state index contributed by atoms with van der Waals surface area (Å²) in [5, 5.41) is 4.85. The van der Waals surface area contributed by atoms with Crippen LogP contribution in [-0.2, 0) is 6.42 Å². The molecule has 1 aliphatic carbocycles. The number of nitrogen functional groups attached to an aromatic ring is 1. The molecule has 7 nitrogen and oxygen atoms in total. The van der Waals surface area contributed by atoms with E-state index >= 15 is 0 Å². The maximum atomic E-state index is 14.2. The van der Waals surface area contributed by atoms with Gasteiger partial charge in [-0.1, -0.05) is 36.4 Å². The monoisotopic (exact) mass is 480 g/mol. The molecule has 8 heteroatoms. The van der Waals surface area contributed by atoms with Crippen molar-refractivity contribution in [2.75, 3.05) is 5.73 Å². The molecule has 0 bridgehead atoms. The highest BCUT2D eigenvalue weighted by Crippen LogP contribution is 2.37. The lowest BCUT2D eigenvalue weighted by Crippen LogP contribution is -2.29. The van der Waals surface area contributed by atoms with E-state index in [0.717, 1.165) is 46.5 Å². The summed E-state index contributed by atoms with van der Waals surface area (Å²) in [6.45, 7) is 3.86. The zero-order chi connectivity index (χ0) is 25.0. The van der Waals surface area contributed by atoms with E-state index in [1.54, 1.807) is 6.07 Å². The molecular weight excluding hydrogens is 455 g/mol. The van der Waals surface area contributed by atoms with E-state index in [9.17, 15) is 9.18 Å². The third-order valence-electron chi connectivity index (χ3n) is 6.82. The zero-order valence-electron chi connectivity index (χ0n) is 20.1. The summed E-state index contributed by atoms with van der Waals surface area (Å²) in [4.78, 5) is 23.0. The van der Waals surface area contributed by atoms with Gasteiger partial charge in [0.15, 0.2) is 5.65 Å². The first-order chi connectivity index (χ1) is 17.4. The maximum absolute atomic E-state index is 14.2. The molecule has 1 unspecified atom stereocenters. The Bertz CT molecular complexity index is 1670.